The third kappa shape index (κ3) is 12.9. The van der Waals surface area contributed by atoms with Crippen molar-refractivity contribution in [2.75, 3.05) is 13.2 Å². The molecule has 7 heteroatoms. The lowest BCUT2D eigenvalue weighted by molar-refractivity contribution is 0.0809. The van der Waals surface area contributed by atoms with Gasteiger partial charge in [-0.2, -0.15) is 0 Å². The molecule has 3 aromatic rings. The topological polar surface area (TPSA) is 89.9 Å². The Hall–Kier alpha value is -3.18. The van der Waals surface area contributed by atoms with E-state index in [-0.39, 0.29) is 15.3 Å². The summed E-state index contributed by atoms with van der Waals surface area (Å²) in [6.45, 7) is 16.1. The van der Waals surface area contributed by atoms with Crippen LogP contribution in [0.3, 0.4) is 0 Å². The molecule has 0 saturated carbocycles. The maximum Gasteiger partial charge on any atom is 0.327 e. The fraction of sp³-hybridized carbons (Fsp3) is 0.375. The van der Waals surface area contributed by atoms with Gasteiger partial charge in [0.15, 0.2) is 12.6 Å². The van der Waals surface area contributed by atoms with E-state index in [1.165, 1.54) is 11.1 Å². The van der Waals surface area contributed by atoms with Gasteiger partial charge in [0.05, 0.1) is 12.2 Å². The fourth-order valence-electron chi connectivity index (χ4n) is 4.19. The summed E-state index contributed by atoms with van der Waals surface area (Å²) < 4.78 is 20.0. The van der Waals surface area contributed by atoms with Crippen molar-refractivity contribution in [3.8, 4) is 5.75 Å². The van der Waals surface area contributed by atoms with Gasteiger partial charge in [0.25, 0.3) is 0 Å². The average molecular weight is 553 g/mol. The highest BCUT2D eigenvalue weighted by Gasteiger charge is 2.13. The Morgan fingerprint density at radius 1 is 0.744 bits per heavy atom. The summed E-state index contributed by atoms with van der Waals surface area (Å²) in [6.07, 6.45) is 2.44. The smallest absolute Gasteiger partial charge is 0.327 e. The molecule has 0 bridgehead atoms. The number of hydrogen-bond acceptors (Lipinski definition) is 6. The molecule has 0 spiro atoms. The molecule has 0 amide bonds. The standard InChI is InChI=1S/C12H17O4P.2C10H12O/c1-12(2,13)9-10-3-5-11(6-4-10)15-7-8-16-17-14;2*1-7-4-8(2)10(6-11)9(3)5-7/h3-6,13H,7-9H2,1-2H3;2*4-6H,1-3H3. The molecule has 0 unspecified atom stereocenters. The third-order valence-electron chi connectivity index (χ3n) is 5.77. The van der Waals surface area contributed by atoms with E-state index in [4.69, 9.17) is 4.74 Å². The molecule has 0 radical (unpaired) electrons. The van der Waals surface area contributed by atoms with Crippen molar-refractivity contribution in [2.24, 2.45) is 0 Å². The highest BCUT2D eigenvalue weighted by molar-refractivity contribution is 7.17. The zero-order valence-corrected chi connectivity index (χ0v) is 25.2. The minimum atomic E-state index is -0.705. The van der Waals surface area contributed by atoms with Crippen molar-refractivity contribution >= 4 is 21.3 Å². The summed E-state index contributed by atoms with van der Waals surface area (Å²) in [7, 11) is -0.327. The highest BCUT2D eigenvalue weighted by Crippen LogP contribution is 2.17. The Labute approximate surface area is 234 Å². The molecule has 0 atom stereocenters. The van der Waals surface area contributed by atoms with Gasteiger partial charge in [-0.15, -0.1) is 0 Å². The van der Waals surface area contributed by atoms with Gasteiger partial charge in [-0.3, -0.25) is 14.1 Å². The molecular formula is C32H41O6P. The number of carbonyl (C=O) groups excluding carboxylic acids is 2. The van der Waals surface area contributed by atoms with Crippen molar-refractivity contribution in [3.63, 3.8) is 0 Å². The molecule has 3 rings (SSSR count). The Kier molecular flexibility index (Phi) is 14.5. The fourth-order valence-corrected chi connectivity index (χ4v) is 4.34. The largest absolute Gasteiger partial charge is 0.491 e. The second kappa shape index (κ2) is 16.7. The van der Waals surface area contributed by atoms with Gasteiger partial charge < -0.3 is 9.84 Å². The molecule has 39 heavy (non-hydrogen) atoms. The van der Waals surface area contributed by atoms with Gasteiger partial charge in [-0.25, -0.2) is 4.57 Å². The normalized spacial score (nSPS) is 10.6. The van der Waals surface area contributed by atoms with Crippen LogP contribution in [-0.4, -0.2) is 36.5 Å². The number of benzene rings is 3. The molecule has 3 aromatic carbocycles. The maximum atomic E-state index is 10.6. The first kappa shape index (κ1) is 33.8. The summed E-state index contributed by atoms with van der Waals surface area (Å²) in [5, 5.41) is 9.66. The van der Waals surface area contributed by atoms with Gasteiger partial charge in [-0.1, -0.05) is 47.5 Å². The van der Waals surface area contributed by atoms with Crippen LogP contribution in [0.25, 0.3) is 0 Å². The van der Waals surface area contributed by atoms with Crippen LogP contribution >= 0.6 is 8.69 Å². The van der Waals surface area contributed by atoms with Crippen molar-refractivity contribution in [1.82, 2.24) is 0 Å². The number of aldehydes is 2. The van der Waals surface area contributed by atoms with Crippen LogP contribution in [0.4, 0.5) is 0 Å². The van der Waals surface area contributed by atoms with E-state index in [1.807, 2.05) is 90.1 Å². The third-order valence-corrected chi connectivity index (χ3v) is 6.06. The van der Waals surface area contributed by atoms with Crippen LogP contribution in [0.5, 0.6) is 5.75 Å². The number of rotatable bonds is 9. The van der Waals surface area contributed by atoms with Gasteiger partial charge >= 0.3 is 8.69 Å². The molecule has 0 heterocycles. The molecular weight excluding hydrogens is 511 g/mol. The van der Waals surface area contributed by atoms with E-state index in [0.717, 1.165) is 57.3 Å². The summed E-state index contributed by atoms with van der Waals surface area (Å²) in [5.74, 6) is 0.732. The molecule has 0 aliphatic rings. The summed E-state index contributed by atoms with van der Waals surface area (Å²) in [6, 6.07) is 15.6. The predicted octanol–water partition coefficient (Wildman–Crippen LogP) is 7.45. The lowest BCUT2D eigenvalue weighted by Crippen LogP contribution is -2.21. The van der Waals surface area contributed by atoms with Crippen molar-refractivity contribution in [2.45, 2.75) is 67.4 Å². The van der Waals surface area contributed by atoms with Gasteiger partial charge in [0.2, 0.25) is 0 Å². The van der Waals surface area contributed by atoms with E-state index in [9.17, 15) is 19.3 Å². The van der Waals surface area contributed by atoms with Gasteiger partial charge in [0, 0.05) is 17.5 Å². The van der Waals surface area contributed by atoms with E-state index in [0.29, 0.717) is 13.0 Å². The molecule has 0 saturated heterocycles. The molecule has 6 nitrogen and oxygen atoms in total. The van der Waals surface area contributed by atoms with Crippen LogP contribution in [0, 0.1) is 41.5 Å². The first-order valence-electron chi connectivity index (χ1n) is 12.8. The van der Waals surface area contributed by atoms with E-state index in [1.54, 1.807) is 13.8 Å². The van der Waals surface area contributed by atoms with Gasteiger partial charge in [-0.05, 0) is 95.3 Å². The van der Waals surface area contributed by atoms with E-state index < -0.39 is 5.60 Å². The number of carbonyl (C=O) groups is 2. The quantitative estimate of drug-likeness (QED) is 0.168. The first-order chi connectivity index (χ1) is 18.3. The lowest BCUT2D eigenvalue weighted by atomic mass is 9.99. The van der Waals surface area contributed by atoms with Crippen molar-refractivity contribution in [3.05, 3.63) is 98.6 Å². The summed E-state index contributed by atoms with van der Waals surface area (Å²) in [5.41, 5.74) is 8.70. The molecule has 210 valence electrons. The van der Waals surface area contributed by atoms with Crippen molar-refractivity contribution < 1.29 is 28.5 Å². The number of ether oxygens (including phenoxy) is 1. The van der Waals surface area contributed by atoms with E-state index >= 15 is 0 Å². The molecule has 0 aromatic heterocycles. The second-order valence-corrected chi connectivity index (χ2v) is 10.7. The Morgan fingerprint density at radius 3 is 1.49 bits per heavy atom. The van der Waals surface area contributed by atoms with Crippen LogP contribution in [0.15, 0.2) is 48.5 Å². The second-order valence-electron chi connectivity index (χ2n) is 10.2. The summed E-state index contributed by atoms with van der Waals surface area (Å²) in [4.78, 5) is 21.1. The minimum absolute atomic E-state index is 0.288. The predicted molar refractivity (Wildman–Crippen MR) is 158 cm³/mol. The number of aryl methyl sites for hydroxylation is 6. The van der Waals surface area contributed by atoms with Crippen LogP contribution in [0.2, 0.25) is 0 Å². The average Bonchev–Trinajstić information content (AvgIpc) is 2.82. The van der Waals surface area contributed by atoms with Crippen LogP contribution in [-0.2, 0) is 15.5 Å². The Balaban J connectivity index is 0.000000304. The minimum Gasteiger partial charge on any atom is -0.491 e. The first-order valence-corrected chi connectivity index (χ1v) is 13.5. The Bertz CT molecular complexity index is 1120. The SMILES string of the molecule is CC(C)(O)Cc1ccc(OCCOP=O)cc1.Cc1cc(C)c(C=O)c(C)c1.Cc1cc(C)c(C=O)c(C)c1. The Morgan fingerprint density at radius 2 is 1.15 bits per heavy atom. The van der Waals surface area contributed by atoms with Gasteiger partial charge in [0.1, 0.15) is 12.4 Å². The van der Waals surface area contributed by atoms with E-state index in [2.05, 4.69) is 4.52 Å². The monoisotopic (exact) mass is 552 g/mol. The highest BCUT2D eigenvalue weighted by atomic mass is 31.1. The van der Waals surface area contributed by atoms with Crippen LogP contribution in [0.1, 0.15) is 73.5 Å². The maximum absolute atomic E-state index is 10.6. The molecule has 0 aliphatic heterocycles. The van der Waals surface area contributed by atoms with Crippen LogP contribution < -0.4 is 4.74 Å². The number of hydrogen-bond donors (Lipinski definition) is 1. The van der Waals surface area contributed by atoms with Crippen molar-refractivity contribution in [1.29, 1.82) is 0 Å². The number of aliphatic hydroxyl groups is 1. The lowest BCUT2D eigenvalue weighted by Gasteiger charge is -2.17. The summed E-state index contributed by atoms with van der Waals surface area (Å²) >= 11 is 0. The molecule has 1 N–H and O–H groups in total. The molecule has 0 fully saturated rings. The zero-order valence-electron chi connectivity index (χ0n) is 24.3. The zero-order chi connectivity index (χ0) is 29.6. The molecule has 0 aliphatic carbocycles.